The molecule has 304 valence electrons. The third kappa shape index (κ3) is 9.26. The lowest BCUT2D eigenvalue weighted by Gasteiger charge is -2.37. The van der Waals surface area contributed by atoms with Gasteiger partial charge in [-0.2, -0.15) is 5.26 Å². The van der Waals surface area contributed by atoms with Gasteiger partial charge in [0.1, 0.15) is 30.2 Å². The van der Waals surface area contributed by atoms with Crippen molar-refractivity contribution in [3.8, 4) is 28.7 Å². The van der Waals surface area contributed by atoms with E-state index in [1.165, 1.54) is 4.90 Å². The number of ketones is 1. The summed E-state index contributed by atoms with van der Waals surface area (Å²) in [5.41, 5.74) is 6.69. The molecule has 2 amide bonds. The molecule has 5 aromatic rings. The highest BCUT2D eigenvalue weighted by atomic mass is 35.5. The van der Waals surface area contributed by atoms with E-state index < -0.39 is 36.2 Å². The first-order valence-electron chi connectivity index (χ1n) is 19.6. The summed E-state index contributed by atoms with van der Waals surface area (Å²) in [7, 11) is 0. The molecular weight excluding hydrogens is 805 g/mol. The third-order valence-corrected chi connectivity index (χ3v) is 11.8. The number of Topliss-reactive ketones (excluding diaryl/α,β-unsaturated/α-hetero) is 1. The number of aliphatic carboxylic acids is 1. The van der Waals surface area contributed by atoms with Crippen LogP contribution in [0.25, 0.3) is 11.1 Å². The number of fused-ring (bicyclic) bond motifs is 2. The van der Waals surface area contributed by atoms with E-state index >= 15 is 0 Å². The Bertz CT molecular complexity index is 2500. The lowest BCUT2D eigenvalue weighted by atomic mass is 9.88. The molecule has 1 unspecified atom stereocenters. The monoisotopic (exact) mass is 843 g/mol. The SMILES string of the molecule is N#Cc1ccc(-c2ccc(C[C@H](NC(=O)[C@@H]3Cc4cc5c(cc4CN3C(=O)OCC3CC3)OC(c3ccc(OCc4ccc(Cl)c(Cl)c4)cc3)C(=O)C5)C(=O)O)cc2)cc1. The number of rotatable bonds is 12. The Labute approximate surface area is 356 Å². The Morgan fingerprint density at radius 1 is 0.867 bits per heavy atom. The van der Waals surface area contributed by atoms with Gasteiger partial charge in [0.2, 0.25) is 5.91 Å². The number of halogens is 2. The van der Waals surface area contributed by atoms with Crippen LogP contribution in [-0.4, -0.2) is 52.4 Å². The number of carboxylic acids is 1. The molecule has 2 aliphatic heterocycles. The molecular formula is C47H39Cl2N3O8. The number of carbonyl (C=O) groups is 4. The van der Waals surface area contributed by atoms with Crippen molar-refractivity contribution < 1.29 is 38.5 Å². The van der Waals surface area contributed by atoms with Crippen molar-refractivity contribution in [2.24, 2.45) is 5.92 Å². The molecule has 1 saturated carbocycles. The molecule has 5 aromatic carbocycles. The predicted molar refractivity (Wildman–Crippen MR) is 223 cm³/mol. The highest BCUT2D eigenvalue weighted by molar-refractivity contribution is 6.42. The molecule has 0 saturated heterocycles. The Balaban J connectivity index is 0.964. The fourth-order valence-electron chi connectivity index (χ4n) is 7.43. The van der Waals surface area contributed by atoms with Gasteiger partial charge in [0.05, 0.1) is 34.8 Å². The van der Waals surface area contributed by atoms with E-state index in [1.54, 1.807) is 60.7 Å². The lowest BCUT2D eigenvalue weighted by Crippen LogP contribution is -2.56. The molecule has 8 rings (SSSR count). The van der Waals surface area contributed by atoms with Crippen LogP contribution in [0.1, 0.15) is 57.9 Å². The highest BCUT2D eigenvalue weighted by Crippen LogP contribution is 2.38. The van der Waals surface area contributed by atoms with Gasteiger partial charge < -0.3 is 24.6 Å². The van der Waals surface area contributed by atoms with Crippen LogP contribution >= 0.6 is 23.2 Å². The minimum absolute atomic E-state index is 0.00671. The molecule has 3 atom stereocenters. The highest BCUT2D eigenvalue weighted by Gasteiger charge is 2.40. The van der Waals surface area contributed by atoms with Gasteiger partial charge in [-0.3, -0.25) is 14.5 Å². The van der Waals surface area contributed by atoms with Gasteiger partial charge >= 0.3 is 12.1 Å². The van der Waals surface area contributed by atoms with Gasteiger partial charge in [-0.15, -0.1) is 0 Å². The second-order valence-electron chi connectivity index (χ2n) is 15.3. The van der Waals surface area contributed by atoms with Gasteiger partial charge in [0.15, 0.2) is 11.9 Å². The van der Waals surface area contributed by atoms with E-state index in [0.29, 0.717) is 43.8 Å². The first-order valence-corrected chi connectivity index (χ1v) is 20.3. The van der Waals surface area contributed by atoms with Gasteiger partial charge in [-0.05, 0) is 94.6 Å². The number of ether oxygens (including phenoxy) is 3. The van der Waals surface area contributed by atoms with E-state index in [4.69, 9.17) is 42.7 Å². The van der Waals surface area contributed by atoms with Crippen molar-refractivity contribution in [1.29, 1.82) is 5.26 Å². The summed E-state index contributed by atoms with van der Waals surface area (Å²) in [5.74, 6) is -0.598. The number of amides is 2. The maximum absolute atomic E-state index is 14.0. The average Bonchev–Trinajstić information content (AvgIpc) is 4.10. The van der Waals surface area contributed by atoms with Crippen LogP contribution in [0.2, 0.25) is 10.0 Å². The maximum atomic E-state index is 14.0. The summed E-state index contributed by atoms with van der Waals surface area (Å²) < 4.78 is 17.9. The fourth-order valence-corrected chi connectivity index (χ4v) is 7.75. The number of hydrogen-bond acceptors (Lipinski definition) is 8. The topological polar surface area (TPSA) is 155 Å². The van der Waals surface area contributed by atoms with Crippen molar-refractivity contribution >= 4 is 47.0 Å². The number of nitrogens with one attached hydrogen (secondary N) is 1. The van der Waals surface area contributed by atoms with Gasteiger partial charge in [0.25, 0.3) is 0 Å². The van der Waals surface area contributed by atoms with E-state index in [9.17, 15) is 24.3 Å². The number of benzene rings is 5. The molecule has 0 bridgehead atoms. The van der Waals surface area contributed by atoms with Crippen molar-refractivity contribution in [2.45, 2.75) is 63.4 Å². The minimum atomic E-state index is -1.28. The van der Waals surface area contributed by atoms with Crippen LogP contribution in [0.5, 0.6) is 11.5 Å². The number of nitrogens with zero attached hydrogens (tertiary/aromatic N) is 2. The molecule has 1 fully saturated rings. The minimum Gasteiger partial charge on any atom is -0.489 e. The summed E-state index contributed by atoms with van der Waals surface area (Å²) in [6, 6.07) is 30.3. The molecule has 11 nitrogen and oxygen atoms in total. The van der Waals surface area contributed by atoms with E-state index in [1.807, 2.05) is 42.5 Å². The molecule has 0 radical (unpaired) electrons. The average molecular weight is 845 g/mol. The first-order chi connectivity index (χ1) is 29.0. The van der Waals surface area contributed by atoms with Gasteiger partial charge in [-0.25, -0.2) is 9.59 Å². The van der Waals surface area contributed by atoms with Gasteiger partial charge in [-0.1, -0.05) is 83.9 Å². The van der Waals surface area contributed by atoms with E-state index in [2.05, 4.69) is 11.4 Å². The molecule has 0 spiro atoms. The molecule has 3 aliphatic rings. The Kier molecular flexibility index (Phi) is 11.8. The smallest absolute Gasteiger partial charge is 0.410 e. The zero-order chi connectivity index (χ0) is 41.9. The summed E-state index contributed by atoms with van der Waals surface area (Å²) in [4.78, 5) is 55.0. The van der Waals surface area contributed by atoms with Crippen molar-refractivity contribution in [3.05, 3.63) is 152 Å². The van der Waals surface area contributed by atoms with Crippen LogP contribution in [0.15, 0.2) is 103 Å². The largest absolute Gasteiger partial charge is 0.489 e. The van der Waals surface area contributed by atoms with Crippen LogP contribution in [0.3, 0.4) is 0 Å². The van der Waals surface area contributed by atoms with Crippen molar-refractivity contribution in [3.63, 3.8) is 0 Å². The van der Waals surface area contributed by atoms with E-state index in [-0.39, 0.29) is 50.7 Å². The molecule has 0 aromatic heterocycles. The van der Waals surface area contributed by atoms with Crippen LogP contribution in [0.4, 0.5) is 4.79 Å². The van der Waals surface area contributed by atoms with Crippen LogP contribution in [-0.2, 0) is 51.5 Å². The van der Waals surface area contributed by atoms with Crippen LogP contribution < -0.4 is 14.8 Å². The molecule has 13 heteroatoms. The zero-order valence-electron chi connectivity index (χ0n) is 32.2. The number of carboxylic acid groups (broad SMARTS) is 1. The summed E-state index contributed by atoms with van der Waals surface area (Å²) in [6.45, 7) is 0.535. The fraction of sp³-hybridized carbons (Fsp3) is 0.255. The van der Waals surface area contributed by atoms with Crippen molar-refractivity contribution in [1.82, 2.24) is 10.2 Å². The second-order valence-corrected chi connectivity index (χ2v) is 16.1. The molecule has 2 heterocycles. The third-order valence-electron chi connectivity index (χ3n) is 11.0. The summed E-state index contributed by atoms with van der Waals surface area (Å²) in [5, 5.41) is 22.9. The molecule has 2 N–H and O–H groups in total. The van der Waals surface area contributed by atoms with Crippen LogP contribution in [0, 0.1) is 17.2 Å². The number of carbonyl (C=O) groups excluding carboxylic acids is 3. The summed E-state index contributed by atoms with van der Waals surface area (Å²) in [6.07, 6.45) is 0.594. The second kappa shape index (κ2) is 17.5. The zero-order valence-corrected chi connectivity index (χ0v) is 33.7. The van der Waals surface area contributed by atoms with Crippen molar-refractivity contribution in [2.75, 3.05) is 6.61 Å². The predicted octanol–water partition coefficient (Wildman–Crippen LogP) is 8.44. The standard InChI is InChI=1S/C47H39Cl2N3O8/c48-38-16-7-30(17-39(38)49)26-58-37-14-12-33(13-15-37)44-42(53)21-35-19-34-20-41(52(24-36(34)22-43(35)60-44)47(57)59-25-29-1-2-29)45(54)51-40(46(55)56)18-27-3-8-31(9-4-27)32-10-5-28(23-50)6-11-32/h3-17,19,22,29,40-41,44H,1-2,18,20-21,24-26H2,(H,51,54)(H,55,56)/t40-,41-,44?/m0/s1. The van der Waals surface area contributed by atoms with E-state index in [0.717, 1.165) is 40.7 Å². The Morgan fingerprint density at radius 2 is 1.57 bits per heavy atom. The normalized spacial score (nSPS) is 17.3. The number of nitriles is 1. The maximum Gasteiger partial charge on any atom is 0.410 e. The lowest BCUT2D eigenvalue weighted by molar-refractivity contribution is -0.142. The first kappa shape index (κ1) is 40.4. The molecule has 60 heavy (non-hydrogen) atoms. The number of hydrogen-bond donors (Lipinski definition) is 2. The van der Waals surface area contributed by atoms with Gasteiger partial charge in [0, 0.05) is 30.4 Å². The Hall–Kier alpha value is -6.35. The summed E-state index contributed by atoms with van der Waals surface area (Å²) >= 11 is 12.2. The molecule has 1 aliphatic carbocycles. The Morgan fingerprint density at radius 3 is 2.23 bits per heavy atom. The quantitative estimate of drug-likeness (QED) is 0.126.